The van der Waals surface area contributed by atoms with E-state index in [9.17, 15) is 0 Å². The van der Waals surface area contributed by atoms with Crippen LogP contribution in [0.4, 0.5) is 0 Å². The smallest absolute Gasteiger partial charge is 0.0829 e. The van der Waals surface area contributed by atoms with Crippen molar-refractivity contribution in [1.82, 2.24) is 9.78 Å². The minimum atomic E-state index is -0.0708. The molecule has 4 nitrogen and oxygen atoms in total. The first-order valence-corrected chi connectivity index (χ1v) is 6.45. The van der Waals surface area contributed by atoms with Gasteiger partial charge in [0.25, 0.3) is 0 Å². The first kappa shape index (κ1) is 12.6. The summed E-state index contributed by atoms with van der Waals surface area (Å²) in [6.07, 6.45) is 8.48. The average molecular weight is 237 g/mol. The van der Waals surface area contributed by atoms with Crippen LogP contribution in [0.1, 0.15) is 37.8 Å². The van der Waals surface area contributed by atoms with Crippen molar-refractivity contribution in [1.29, 1.82) is 0 Å². The van der Waals surface area contributed by atoms with Crippen LogP contribution in [0, 0.1) is 0 Å². The quantitative estimate of drug-likeness (QED) is 0.847. The molecule has 1 aromatic rings. The Bertz CT molecular complexity index is 355. The Balaban J connectivity index is 1.92. The van der Waals surface area contributed by atoms with Crippen molar-refractivity contribution < 1.29 is 4.74 Å². The fourth-order valence-corrected chi connectivity index (χ4v) is 2.91. The van der Waals surface area contributed by atoms with Crippen molar-refractivity contribution in [2.24, 2.45) is 12.8 Å². The molecule has 0 radical (unpaired) electrons. The summed E-state index contributed by atoms with van der Waals surface area (Å²) in [6.45, 7) is 0. The van der Waals surface area contributed by atoms with Gasteiger partial charge in [-0.1, -0.05) is 12.8 Å². The number of ether oxygens (including phenoxy) is 1. The van der Waals surface area contributed by atoms with E-state index in [1.807, 2.05) is 17.9 Å². The lowest BCUT2D eigenvalue weighted by molar-refractivity contribution is -0.0274. The van der Waals surface area contributed by atoms with Crippen molar-refractivity contribution in [3.8, 4) is 0 Å². The normalized spacial score (nSPS) is 20.6. The molecule has 0 bridgehead atoms. The maximum atomic E-state index is 6.34. The first-order chi connectivity index (χ1) is 8.18. The van der Waals surface area contributed by atoms with Gasteiger partial charge >= 0.3 is 0 Å². The van der Waals surface area contributed by atoms with Crippen molar-refractivity contribution in [3.63, 3.8) is 0 Å². The molecule has 1 aliphatic rings. The van der Waals surface area contributed by atoms with Crippen LogP contribution < -0.4 is 5.73 Å². The second-order valence-electron chi connectivity index (χ2n) is 5.07. The van der Waals surface area contributed by atoms with Crippen molar-refractivity contribution >= 4 is 0 Å². The number of hydrogen-bond acceptors (Lipinski definition) is 3. The van der Waals surface area contributed by atoms with Gasteiger partial charge in [0.1, 0.15) is 0 Å². The summed E-state index contributed by atoms with van der Waals surface area (Å²) in [5, 5.41) is 4.17. The third kappa shape index (κ3) is 2.53. The SMILES string of the molecule is COC1(C(N)CCc2ccnn2C)CCCC1. The number of nitrogens with two attached hydrogens (primary N) is 1. The Hall–Kier alpha value is -0.870. The summed E-state index contributed by atoms with van der Waals surface area (Å²) in [4.78, 5) is 0. The zero-order valence-electron chi connectivity index (χ0n) is 10.9. The largest absolute Gasteiger partial charge is 0.377 e. The van der Waals surface area contributed by atoms with Gasteiger partial charge in [-0.2, -0.15) is 5.10 Å². The van der Waals surface area contributed by atoms with Crippen LogP contribution in [0.3, 0.4) is 0 Å². The van der Waals surface area contributed by atoms with Gasteiger partial charge in [0, 0.05) is 32.1 Å². The molecule has 96 valence electrons. The molecule has 1 atom stereocenters. The lowest BCUT2D eigenvalue weighted by Crippen LogP contribution is -2.47. The second-order valence-corrected chi connectivity index (χ2v) is 5.07. The summed E-state index contributed by atoms with van der Waals surface area (Å²) in [5.41, 5.74) is 7.51. The van der Waals surface area contributed by atoms with Crippen LogP contribution in [-0.4, -0.2) is 28.5 Å². The predicted octanol–water partition coefficient (Wildman–Crippen LogP) is 1.64. The van der Waals surface area contributed by atoms with Crippen LogP contribution in [0.15, 0.2) is 12.3 Å². The number of aromatic nitrogens is 2. The predicted molar refractivity (Wildman–Crippen MR) is 67.7 cm³/mol. The summed E-state index contributed by atoms with van der Waals surface area (Å²) >= 11 is 0. The highest BCUT2D eigenvalue weighted by atomic mass is 16.5. The summed E-state index contributed by atoms with van der Waals surface area (Å²) in [7, 11) is 3.78. The summed E-state index contributed by atoms with van der Waals surface area (Å²) in [5.74, 6) is 0. The van der Waals surface area contributed by atoms with Gasteiger partial charge in [-0.25, -0.2) is 0 Å². The Kier molecular flexibility index (Phi) is 3.84. The number of nitrogens with zero attached hydrogens (tertiary/aromatic N) is 2. The molecule has 2 rings (SSSR count). The second kappa shape index (κ2) is 5.19. The summed E-state index contributed by atoms with van der Waals surface area (Å²) in [6, 6.07) is 2.19. The molecule has 2 N–H and O–H groups in total. The molecule has 1 unspecified atom stereocenters. The highest BCUT2D eigenvalue weighted by molar-refractivity contribution is 5.03. The van der Waals surface area contributed by atoms with Gasteiger partial charge in [-0.3, -0.25) is 4.68 Å². The minimum Gasteiger partial charge on any atom is -0.377 e. The van der Waals surface area contributed by atoms with Crippen LogP contribution in [0.25, 0.3) is 0 Å². The van der Waals surface area contributed by atoms with Gasteiger partial charge < -0.3 is 10.5 Å². The van der Waals surface area contributed by atoms with E-state index in [0.717, 1.165) is 25.7 Å². The molecular weight excluding hydrogens is 214 g/mol. The van der Waals surface area contributed by atoms with Crippen molar-refractivity contribution in [2.45, 2.75) is 50.2 Å². The maximum Gasteiger partial charge on any atom is 0.0829 e. The van der Waals surface area contributed by atoms with E-state index in [0.29, 0.717) is 0 Å². The zero-order chi connectivity index (χ0) is 12.3. The molecule has 0 spiro atoms. The van der Waals surface area contributed by atoms with E-state index in [4.69, 9.17) is 10.5 Å². The molecule has 0 aliphatic heterocycles. The van der Waals surface area contributed by atoms with E-state index in [1.54, 1.807) is 7.11 Å². The lowest BCUT2D eigenvalue weighted by Gasteiger charge is -2.34. The first-order valence-electron chi connectivity index (χ1n) is 6.45. The average Bonchev–Trinajstić information content (AvgIpc) is 2.95. The minimum absolute atomic E-state index is 0.0708. The van der Waals surface area contributed by atoms with Gasteiger partial charge in [-0.05, 0) is 31.7 Å². The van der Waals surface area contributed by atoms with E-state index in [2.05, 4.69) is 11.2 Å². The number of methoxy groups -OCH3 is 1. The Labute approximate surface area is 103 Å². The molecule has 0 amide bonds. The highest BCUT2D eigenvalue weighted by Crippen LogP contribution is 2.36. The number of aryl methyl sites for hydroxylation is 2. The molecule has 1 saturated carbocycles. The van der Waals surface area contributed by atoms with Crippen molar-refractivity contribution in [3.05, 3.63) is 18.0 Å². The number of hydrogen-bond donors (Lipinski definition) is 1. The van der Waals surface area contributed by atoms with Gasteiger partial charge in [0.15, 0.2) is 0 Å². The van der Waals surface area contributed by atoms with Crippen LogP contribution in [0.2, 0.25) is 0 Å². The Morgan fingerprint density at radius 2 is 2.24 bits per heavy atom. The molecular formula is C13H23N3O. The number of rotatable bonds is 5. The van der Waals surface area contributed by atoms with Crippen LogP contribution in [-0.2, 0) is 18.2 Å². The maximum absolute atomic E-state index is 6.34. The molecule has 1 heterocycles. The van der Waals surface area contributed by atoms with E-state index < -0.39 is 0 Å². The summed E-state index contributed by atoms with van der Waals surface area (Å²) < 4.78 is 7.63. The molecule has 1 aliphatic carbocycles. The molecule has 0 saturated heterocycles. The fraction of sp³-hybridized carbons (Fsp3) is 0.769. The molecule has 4 heteroatoms. The fourth-order valence-electron chi connectivity index (χ4n) is 2.91. The molecule has 0 aromatic carbocycles. The van der Waals surface area contributed by atoms with Crippen LogP contribution >= 0.6 is 0 Å². The molecule has 17 heavy (non-hydrogen) atoms. The lowest BCUT2D eigenvalue weighted by atomic mass is 9.89. The van der Waals surface area contributed by atoms with E-state index >= 15 is 0 Å². The molecule has 1 fully saturated rings. The van der Waals surface area contributed by atoms with Gasteiger partial charge in [-0.15, -0.1) is 0 Å². The Morgan fingerprint density at radius 1 is 1.53 bits per heavy atom. The highest BCUT2D eigenvalue weighted by Gasteiger charge is 2.39. The van der Waals surface area contributed by atoms with Gasteiger partial charge in [0.05, 0.1) is 5.60 Å². The van der Waals surface area contributed by atoms with E-state index in [-0.39, 0.29) is 11.6 Å². The van der Waals surface area contributed by atoms with Crippen LogP contribution in [0.5, 0.6) is 0 Å². The van der Waals surface area contributed by atoms with Gasteiger partial charge in [0.2, 0.25) is 0 Å². The van der Waals surface area contributed by atoms with E-state index in [1.165, 1.54) is 18.5 Å². The van der Waals surface area contributed by atoms with Crippen molar-refractivity contribution in [2.75, 3.05) is 7.11 Å². The standard InChI is InChI=1S/C13H23N3O/c1-16-11(7-10-15-16)5-6-12(14)13(17-2)8-3-4-9-13/h7,10,12H,3-6,8-9,14H2,1-2H3. The third-order valence-corrected chi connectivity index (χ3v) is 4.17. The molecule has 1 aromatic heterocycles. The zero-order valence-corrected chi connectivity index (χ0v) is 10.9. The topological polar surface area (TPSA) is 53.1 Å². The third-order valence-electron chi connectivity index (χ3n) is 4.17. The monoisotopic (exact) mass is 237 g/mol. The Morgan fingerprint density at radius 3 is 2.76 bits per heavy atom.